The summed E-state index contributed by atoms with van der Waals surface area (Å²) in [6.07, 6.45) is 4.65. The molecule has 0 aromatic heterocycles. The Morgan fingerprint density at radius 2 is 1.89 bits per heavy atom. The van der Waals surface area contributed by atoms with Gasteiger partial charge in [-0.2, -0.15) is 5.10 Å². The molecule has 27 heavy (non-hydrogen) atoms. The van der Waals surface area contributed by atoms with Crippen LogP contribution < -0.4 is 0 Å². The van der Waals surface area contributed by atoms with Gasteiger partial charge in [0.25, 0.3) is 0 Å². The number of rotatable bonds is 7. The first-order valence-electron chi connectivity index (χ1n) is 9.06. The summed E-state index contributed by atoms with van der Waals surface area (Å²) in [5.74, 6) is 0.123. The zero-order valence-corrected chi connectivity index (χ0v) is 16.8. The van der Waals surface area contributed by atoms with Crippen LogP contribution in [-0.2, 0) is 11.3 Å². The van der Waals surface area contributed by atoms with Gasteiger partial charge in [-0.25, -0.2) is 0 Å². The van der Waals surface area contributed by atoms with E-state index in [4.69, 9.17) is 11.6 Å². The van der Waals surface area contributed by atoms with E-state index in [-0.39, 0.29) is 11.2 Å². The molecule has 1 heterocycles. The van der Waals surface area contributed by atoms with Crippen molar-refractivity contribution in [2.45, 2.75) is 38.0 Å². The molecule has 1 amide bonds. The van der Waals surface area contributed by atoms with Crippen LogP contribution in [0, 0.1) is 0 Å². The molecule has 140 valence electrons. The molecule has 2 aromatic carbocycles. The molecule has 0 saturated carbocycles. The van der Waals surface area contributed by atoms with Crippen molar-refractivity contribution < 1.29 is 4.79 Å². The SMILES string of the molecule is CCCC[C@@H]1S/C(=N/N=C\c2ccc(Cl)cc2)N(Cc2ccccc2)C1=O. The van der Waals surface area contributed by atoms with Crippen molar-refractivity contribution in [2.24, 2.45) is 10.2 Å². The molecule has 0 bridgehead atoms. The number of carbonyl (C=O) groups is 1. The first-order chi connectivity index (χ1) is 13.2. The number of benzene rings is 2. The second-order valence-corrected chi connectivity index (χ2v) is 7.94. The van der Waals surface area contributed by atoms with Gasteiger partial charge in [0.15, 0.2) is 5.17 Å². The molecule has 4 nitrogen and oxygen atoms in total. The lowest BCUT2D eigenvalue weighted by molar-refractivity contribution is -0.126. The highest BCUT2D eigenvalue weighted by Gasteiger charge is 2.37. The Bertz CT molecular complexity index is 821. The molecular weight excluding hydrogens is 378 g/mol. The number of thioether (sulfide) groups is 1. The van der Waals surface area contributed by atoms with Crippen molar-refractivity contribution >= 4 is 40.7 Å². The molecule has 1 saturated heterocycles. The molecule has 1 aliphatic heterocycles. The maximum atomic E-state index is 12.9. The lowest BCUT2D eigenvalue weighted by Gasteiger charge is -2.15. The molecule has 0 aliphatic carbocycles. The number of hydrogen-bond donors (Lipinski definition) is 0. The van der Waals surface area contributed by atoms with E-state index in [1.807, 2.05) is 54.6 Å². The highest BCUT2D eigenvalue weighted by atomic mass is 35.5. The Kier molecular flexibility index (Phi) is 7.07. The highest BCUT2D eigenvalue weighted by molar-refractivity contribution is 8.15. The lowest BCUT2D eigenvalue weighted by Crippen LogP contribution is -2.31. The van der Waals surface area contributed by atoms with Crippen LogP contribution in [0.2, 0.25) is 5.02 Å². The number of carbonyl (C=O) groups excluding carboxylic acids is 1. The zero-order chi connectivity index (χ0) is 19.1. The average Bonchev–Trinajstić information content (AvgIpc) is 2.98. The van der Waals surface area contributed by atoms with E-state index in [0.29, 0.717) is 16.7 Å². The van der Waals surface area contributed by atoms with Crippen LogP contribution in [0.4, 0.5) is 0 Å². The Balaban J connectivity index is 1.77. The van der Waals surface area contributed by atoms with E-state index >= 15 is 0 Å². The van der Waals surface area contributed by atoms with Gasteiger partial charge in [0.1, 0.15) is 0 Å². The van der Waals surface area contributed by atoms with Crippen LogP contribution in [0.1, 0.15) is 37.3 Å². The summed E-state index contributed by atoms with van der Waals surface area (Å²) in [7, 11) is 0. The monoisotopic (exact) mass is 399 g/mol. The molecule has 2 aromatic rings. The van der Waals surface area contributed by atoms with Gasteiger partial charge in [0.05, 0.1) is 18.0 Å². The second-order valence-electron chi connectivity index (χ2n) is 6.34. The Hall–Kier alpha value is -2.11. The van der Waals surface area contributed by atoms with Gasteiger partial charge < -0.3 is 0 Å². The fraction of sp³-hybridized carbons (Fsp3) is 0.286. The maximum Gasteiger partial charge on any atom is 0.242 e. The van der Waals surface area contributed by atoms with E-state index in [9.17, 15) is 4.79 Å². The average molecular weight is 400 g/mol. The smallest absolute Gasteiger partial charge is 0.242 e. The van der Waals surface area contributed by atoms with Crippen molar-refractivity contribution in [3.63, 3.8) is 0 Å². The van der Waals surface area contributed by atoms with E-state index in [2.05, 4.69) is 17.1 Å². The number of unbranched alkanes of at least 4 members (excludes halogenated alkanes) is 1. The third kappa shape index (κ3) is 5.44. The summed E-state index contributed by atoms with van der Waals surface area (Å²) >= 11 is 7.41. The van der Waals surface area contributed by atoms with Crippen molar-refractivity contribution in [3.8, 4) is 0 Å². The molecule has 6 heteroatoms. The van der Waals surface area contributed by atoms with Gasteiger partial charge >= 0.3 is 0 Å². The standard InChI is InChI=1S/C21H22ClN3OS/c1-2-3-9-19-20(26)25(15-17-7-5-4-6-8-17)21(27-19)24-23-14-16-10-12-18(22)13-11-16/h4-8,10-14,19H,2-3,9,15H2,1H3/b23-14-,24-21+/t19-/m0/s1. The van der Waals surface area contributed by atoms with Gasteiger partial charge in [-0.1, -0.05) is 85.6 Å². The lowest BCUT2D eigenvalue weighted by atomic mass is 10.1. The molecule has 3 rings (SSSR count). The van der Waals surface area contributed by atoms with Crippen LogP contribution in [-0.4, -0.2) is 27.4 Å². The van der Waals surface area contributed by atoms with E-state index in [1.54, 1.807) is 11.1 Å². The van der Waals surface area contributed by atoms with Crippen molar-refractivity contribution in [3.05, 3.63) is 70.7 Å². The molecule has 0 unspecified atom stereocenters. The molecule has 0 spiro atoms. The third-order valence-corrected chi connectivity index (χ3v) is 5.73. The normalized spacial score (nSPS) is 18.7. The van der Waals surface area contributed by atoms with Gasteiger partial charge in [-0.3, -0.25) is 9.69 Å². The number of nitrogens with zero attached hydrogens (tertiary/aromatic N) is 3. The number of amides is 1. The highest BCUT2D eigenvalue weighted by Crippen LogP contribution is 2.32. The zero-order valence-electron chi connectivity index (χ0n) is 15.2. The Morgan fingerprint density at radius 1 is 1.15 bits per heavy atom. The van der Waals surface area contributed by atoms with E-state index in [1.165, 1.54) is 11.8 Å². The summed E-state index contributed by atoms with van der Waals surface area (Å²) in [5.41, 5.74) is 1.99. The number of amidine groups is 1. The largest absolute Gasteiger partial charge is 0.284 e. The first-order valence-corrected chi connectivity index (χ1v) is 10.3. The van der Waals surface area contributed by atoms with Crippen molar-refractivity contribution in [1.82, 2.24) is 4.90 Å². The topological polar surface area (TPSA) is 45.0 Å². The van der Waals surface area contributed by atoms with Gasteiger partial charge in [-0.15, -0.1) is 5.10 Å². The molecule has 1 aliphatic rings. The summed E-state index contributed by atoms with van der Waals surface area (Å²) < 4.78 is 0. The Morgan fingerprint density at radius 3 is 2.59 bits per heavy atom. The van der Waals surface area contributed by atoms with Crippen molar-refractivity contribution in [1.29, 1.82) is 0 Å². The molecule has 0 N–H and O–H groups in total. The van der Waals surface area contributed by atoms with Crippen LogP contribution in [0.5, 0.6) is 0 Å². The molecule has 1 fully saturated rings. The maximum absolute atomic E-state index is 12.9. The minimum Gasteiger partial charge on any atom is -0.284 e. The first kappa shape index (κ1) is 19.6. The number of hydrogen-bond acceptors (Lipinski definition) is 4. The van der Waals surface area contributed by atoms with Gasteiger partial charge in [0, 0.05) is 5.02 Å². The summed E-state index contributed by atoms with van der Waals surface area (Å²) in [6, 6.07) is 17.4. The quantitative estimate of drug-likeness (QED) is 0.464. The van der Waals surface area contributed by atoms with Gasteiger partial charge in [-0.05, 0) is 29.7 Å². The van der Waals surface area contributed by atoms with Crippen LogP contribution in [0.15, 0.2) is 64.8 Å². The summed E-state index contributed by atoms with van der Waals surface area (Å²) in [4.78, 5) is 14.6. The van der Waals surface area contributed by atoms with Crippen molar-refractivity contribution in [2.75, 3.05) is 0 Å². The molecule has 1 atom stereocenters. The minimum atomic E-state index is -0.0712. The fourth-order valence-electron chi connectivity index (χ4n) is 2.76. The number of halogens is 1. The van der Waals surface area contributed by atoms with E-state index in [0.717, 1.165) is 30.4 Å². The predicted molar refractivity (Wildman–Crippen MR) is 114 cm³/mol. The van der Waals surface area contributed by atoms with Crippen LogP contribution in [0.3, 0.4) is 0 Å². The Labute approximate surface area is 169 Å². The predicted octanol–water partition coefficient (Wildman–Crippen LogP) is 5.36. The van der Waals surface area contributed by atoms with E-state index < -0.39 is 0 Å². The van der Waals surface area contributed by atoms with Crippen LogP contribution >= 0.6 is 23.4 Å². The minimum absolute atomic E-state index is 0.0712. The fourth-order valence-corrected chi connectivity index (χ4v) is 4.03. The summed E-state index contributed by atoms with van der Waals surface area (Å²) in [6.45, 7) is 2.65. The summed E-state index contributed by atoms with van der Waals surface area (Å²) in [5, 5.41) is 9.82. The second kappa shape index (κ2) is 9.72. The third-order valence-electron chi connectivity index (χ3n) is 4.24. The molecule has 0 radical (unpaired) electrons. The van der Waals surface area contributed by atoms with Crippen LogP contribution in [0.25, 0.3) is 0 Å². The van der Waals surface area contributed by atoms with Gasteiger partial charge in [0.2, 0.25) is 5.91 Å². The molecular formula is C21H22ClN3OS.